The highest BCUT2D eigenvalue weighted by Gasteiger charge is 2.16. The van der Waals surface area contributed by atoms with E-state index in [1.54, 1.807) is 7.11 Å². The summed E-state index contributed by atoms with van der Waals surface area (Å²) < 4.78 is 5.14. The molecule has 0 aliphatic heterocycles. The predicted molar refractivity (Wildman–Crippen MR) is 53.5 cm³/mol. The van der Waals surface area contributed by atoms with E-state index in [1.807, 2.05) is 6.92 Å². The number of aliphatic imine (C=N–C) groups is 1. The van der Waals surface area contributed by atoms with Gasteiger partial charge in [-0.15, -0.1) is 0 Å². The third-order valence-corrected chi connectivity index (χ3v) is 2.53. The van der Waals surface area contributed by atoms with Crippen molar-refractivity contribution in [1.82, 2.24) is 5.43 Å². The minimum atomic E-state index is -0.0365. The zero-order valence-electron chi connectivity index (χ0n) is 8.42. The van der Waals surface area contributed by atoms with Crippen molar-refractivity contribution in [2.45, 2.75) is 44.8 Å². The molecular weight excluding hydrogens is 166 g/mol. The molecule has 0 heterocycles. The summed E-state index contributed by atoms with van der Waals surface area (Å²) >= 11 is 0. The highest BCUT2D eigenvalue weighted by atomic mass is 16.5. The van der Waals surface area contributed by atoms with Crippen molar-refractivity contribution in [2.24, 2.45) is 10.8 Å². The Hall–Kier alpha value is -0.610. The number of rotatable bonds is 3. The van der Waals surface area contributed by atoms with Crippen molar-refractivity contribution >= 4 is 5.84 Å². The van der Waals surface area contributed by atoms with Crippen molar-refractivity contribution in [2.75, 3.05) is 7.11 Å². The first kappa shape index (κ1) is 10.5. The standard InChI is InChI=1S/C9H19N3O/c1-7(13-2)9(12-10)11-8-5-3-4-6-8/h7-8H,3-6,10H2,1-2H3,(H,11,12). The molecule has 0 radical (unpaired) electrons. The zero-order chi connectivity index (χ0) is 9.68. The number of amidine groups is 1. The Labute approximate surface area is 79.5 Å². The largest absolute Gasteiger partial charge is 0.374 e. The van der Waals surface area contributed by atoms with Crippen molar-refractivity contribution in [1.29, 1.82) is 0 Å². The molecule has 0 aromatic carbocycles. The van der Waals surface area contributed by atoms with Crippen LogP contribution in [0.5, 0.6) is 0 Å². The van der Waals surface area contributed by atoms with Gasteiger partial charge in [0.1, 0.15) is 11.9 Å². The summed E-state index contributed by atoms with van der Waals surface area (Å²) in [5, 5.41) is 0. The summed E-state index contributed by atoms with van der Waals surface area (Å²) in [6, 6.07) is 0.448. The Morgan fingerprint density at radius 2 is 2.15 bits per heavy atom. The Morgan fingerprint density at radius 3 is 2.62 bits per heavy atom. The van der Waals surface area contributed by atoms with Gasteiger partial charge >= 0.3 is 0 Å². The fraction of sp³-hybridized carbons (Fsp3) is 0.889. The van der Waals surface area contributed by atoms with Crippen LogP contribution in [-0.4, -0.2) is 25.1 Å². The van der Waals surface area contributed by atoms with Crippen LogP contribution in [0.1, 0.15) is 32.6 Å². The molecule has 3 N–H and O–H groups in total. The number of hydrogen-bond donors (Lipinski definition) is 2. The maximum Gasteiger partial charge on any atom is 0.140 e. The molecule has 1 aliphatic rings. The van der Waals surface area contributed by atoms with Crippen LogP contribution >= 0.6 is 0 Å². The molecule has 0 aromatic rings. The quantitative estimate of drug-likeness (QED) is 0.296. The van der Waals surface area contributed by atoms with Crippen molar-refractivity contribution in [3.05, 3.63) is 0 Å². The van der Waals surface area contributed by atoms with Crippen molar-refractivity contribution in [3.63, 3.8) is 0 Å². The normalized spacial score (nSPS) is 21.9. The molecular formula is C9H19N3O. The van der Waals surface area contributed by atoms with Gasteiger partial charge in [-0.05, 0) is 19.8 Å². The highest BCUT2D eigenvalue weighted by Crippen LogP contribution is 2.21. The molecule has 0 spiro atoms. The summed E-state index contributed by atoms with van der Waals surface area (Å²) in [7, 11) is 1.66. The third-order valence-electron chi connectivity index (χ3n) is 2.53. The number of hydrazine groups is 1. The van der Waals surface area contributed by atoms with Gasteiger partial charge in [0.25, 0.3) is 0 Å². The Morgan fingerprint density at radius 1 is 1.54 bits per heavy atom. The van der Waals surface area contributed by atoms with Crippen LogP contribution in [0.25, 0.3) is 0 Å². The van der Waals surface area contributed by atoms with Crippen LogP contribution < -0.4 is 11.3 Å². The van der Waals surface area contributed by atoms with Crippen molar-refractivity contribution < 1.29 is 4.74 Å². The van der Waals surface area contributed by atoms with E-state index in [0.717, 1.165) is 5.84 Å². The predicted octanol–water partition coefficient (Wildman–Crippen LogP) is 0.826. The summed E-state index contributed by atoms with van der Waals surface area (Å²) in [5.74, 6) is 6.13. The van der Waals surface area contributed by atoms with Gasteiger partial charge in [-0.25, -0.2) is 5.84 Å². The minimum absolute atomic E-state index is 0.0365. The molecule has 1 rings (SSSR count). The lowest BCUT2D eigenvalue weighted by Crippen LogP contribution is -2.39. The monoisotopic (exact) mass is 185 g/mol. The molecule has 4 heteroatoms. The lowest BCUT2D eigenvalue weighted by Gasteiger charge is -2.14. The lowest BCUT2D eigenvalue weighted by molar-refractivity contribution is 0.167. The highest BCUT2D eigenvalue weighted by molar-refractivity contribution is 5.85. The fourth-order valence-corrected chi connectivity index (χ4v) is 1.60. The smallest absolute Gasteiger partial charge is 0.140 e. The second-order valence-electron chi connectivity index (χ2n) is 3.47. The molecule has 1 unspecified atom stereocenters. The molecule has 1 aliphatic carbocycles. The Balaban J connectivity index is 2.52. The van der Waals surface area contributed by atoms with Gasteiger partial charge < -0.3 is 10.2 Å². The number of nitrogens with one attached hydrogen (secondary N) is 1. The van der Waals surface area contributed by atoms with Crippen LogP contribution in [0.2, 0.25) is 0 Å². The van der Waals surface area contributed by atoms with Gasteiger partial charge in [0.2, 0.25) is 0 Å². The Bertz CT molecular complexity index is 176. The zero-order valence-corrected chi connectivity index (χ0v) is 8.42. The molecule has 0 amide bonds. The minimum Gasteiger partial charge on any atom is -0.374 e. The Kier molecular flexibility index (Phi) is 4.18. The molecule has 1 fully saturated rings. The van der Waals surface area contributed by atoms with Gasteiger partial charge in [-0.2, -0.15) is 0 Å². The van der Waals surface area contributed by atoms with Gasteiger partial charge in [-0.3, -0.25) is 4.99 Å². The van der Waals surface area contributed by atoms with E-state index in [9.17, 15) is 0 Å². The van der Waals surface area contributed by atoms with Crippen LogP contribution in [0.3, 0.4) is 0 Å². The summed E-state index contributed by atoms with van der Waals surface area (Å²) in [6.07, 6.45) is 4.90. The summed E-state index contributed by atoms with van der Waals surface area (Å²) in [6.45, 7) is 1.94. The number of nitrogens with two attached hydrogens (primary N) is 1. The topological polar surface area (TPSA) is 59.6 Å². The van der Waals surface area contributed by atoms with E-state index >= 15 is 0 Å². The molecule has 4 nitrogen and oxygen atoms in total. The van der Waals surface area contributed by atoms with Gasteiger partial charge in [0.15, 0.2) is 0 Å². The number of hydrogen-bond acceptors (Lipinski definition) is 3. The van der Waals surface area contributed by atoms with Crippen LogP contribution in [-0.2, 0) is 4.74 Å². The van der Waals surface area contributed by atoms with Gasteiger partial charge in [-0.1, -0.05) is 12.8 Å². The molecule has 1 saturated carbocycles. The van der Waals surface area contributed by atoms with Crippen LogP contribution in [0.4, 0.5) is 0 Å². The second kappa shape index (κ2) is 5.19. The molecule has 13 heavy (non-hydrogen) atoms. The van der Waals surface area contributed by atoms with Crippen LogP contribution in [0, 0.1) is 0 Å². The number of ether oxygens (including phenoxy) is 1. The second-order valence-corrected chi connectivity index (χ2v) is 3.47. The van der Waals surface area contributed by atoms with E-state index in [1.165, 1.54) is 25.7 Å². The maximum absolute atomic E-state index is 5.37. The van der Waals surface area contributed by atoms with E-state index in [-0.39, 0.29) is 6.10 Å². The van der Waals surface area contributed by atoms with Gasteiger partial charge in [0.05, 0.1) is 6.04 Å². The third kappa shape index (κ3) is 2.97. The van der Waals surface area contributed by atoms with E-state index in [2.05, 4.69) is 10.4 Å². The number of methoxy groups -OCH3 is 1. The SMILES string of the molecule is COC(C)C(=NC1CCCC1)NN. The first-order valence-electron chi connectivity index (χ1n) is 4.85. The maximum atomic E-state index is 5.37. The number of nitrogens with zero attached hydrogens (tertiary/aromatic N) is 1. The summed E-state index contributed by atoms with van der Waals surface area (Å²) in [4.78, 5) is 4.52. The average molecular weight is 185 g/mol. The lowest BCUT2D eigenvalue weighted by atomic mass is 10.2. The first-order chi connectivity index (χ1) is 6.27. The van der Waals surface area contributed by atoms with E-state index < -0.39 is 0 Å². The summed E-state index contributed by atoms with van der Waals surface area (Å²) in [5.41, 5.74) is 2.60. The average Bonchev–Trinajstić information content (AvgIpc) is 2.65. The molecule has 0 saturated heterocycles. The molecule has 1 atom stereocenters. The van der Waals surface area contributed by atoms with E-state index in [0.29, 0.717) is 6.04 Å². The fourth-order valence-electron chi connectivity index (χ4n) is 1.60. The molecule has 76 valence electrons. The molecule has 0 bridgehead atoms. The van der Waals surface area contributed by atoms with Crippen LogP contribution in [0.15, 0.2) is 4.99 Å². The van der Waals surface area contributed by atoms with Gasteiger partial charge in [0, 0.05) is 7.11 Å². The van der Waals surface area contributed by atoms with E-state index in [4.69, 9.17) is 10.6 Å². The van der Waals surface area contributed by atoms with Crippen molar-refractivity contribution in [3.8, 4) is 0 Å². The first-order valence-corrected chi connectivity index (χ1v) is 4.85. The molecule has 0 aromatic heterocycles.